The molecule has 1 aliphatic rings. The summed E-state index contributed by atoms with van der Waals surface area (Å²) in [6.45, 7) is 4.69. The molecule has 3 atom stereocenters. The predicted molar refractivity (Wildman–Crippen MR) is 147 cm³/mol. The molecule has 0 amide bonds. The van der Waals surface area contributed by atoms with E-state index >= 15 is 0 Å². The molecule has 8 nitrogen and oxygen atoms in total. The van der Waals surface area contributed by atoms with Crippen molar-refractivity contribution >= 4 is 11.9 Å². The first-order valence-corrected chi connectivity index (χ1v) is 14.7. The monoisotopic (exact) mass is 528 g/mol. The molecule has 0 aromatic heterocycles. The van der Waals surface area contributed by atoms with E-state index in [4.69, 9.17) is 18.9 Å². The molecule has 218 valence electrons. The summed E-state index contributed by atoms with van der Waals surface area (Å²) < 4.78 is 23.1. The number of ether oxygens (including phenoxy) is 4. The van der Waals surface area contributed by atoms with Gasteiger partial charge in [0.05, 0.1) is 6.10 Å². The molecule has 0 saturated carbocycles. The number of carbonyl (C=O) groups is 2. The number of nitrogens with zero attached hydrogens (tertiary/aromatic N) is 2. The first kappa shape index (κ1) is 33.8. The van der Waals surface area contributed by atoms with Crippen molar-refractivity contribution in [2.45, 2.75) is 122 Å². The van der Waals surface area contributed by atoms with Gasteiger partial charge in [-0.3, -0.25) is 9.59 Å². The van der Waals surface area contributed by atoms with E-state index < -0.39 is 12.4 Å². The molecular formula is C29H56N2O6. The molecule has 0 unspecified atom stereocenters. The van der Waals surface area contributed by atoms with Gasteiger partial charge in [-0.15, -0.1) is 0 Å². The molecule has 1 heterocycles. The quantitative estimate of drug-likeness (QED) is 0.133. The largest absolute Gasteiger partial charge is 0.463 e. The molecule has 0 aromatic carbocycles. The highest BCUT2D eigenvalue weighted by molar-refractivity contribution is 5.69. The Morgan fingerprint density at radius 3 is 1.86 bits per heavy atom. The molecule has 0 bridgehead atoms. The van der Waals surface area contributed by atoms with Crippen molar-refractivity contribution in [1.29, 1.82) is 0 Å². The van der Waals surface area contributed by atoms with Gasteiger partial charge in [0.25, 0.3) is 0 Å². The normalized spacial score (nSPS) is 19.6. The Hall–Kier alpha value is -1.22. The minimum absolute atomic E-state index is 0.123. The Labute approximate surface area is 226 Å². The third-order valence-electron chi connectivity index (χ3n) is 6.64. The Morgan fingerprint density at radius 1 is 0.757 bits per heavy atom. The van der Waals surface area contributed by atoms with E-state index in [0.29, 0.717) is 25.9 Å². The fraction of sp³-hybridized carbons (Fsp3) is 0.931. The van der Waals surface area contributed by atoms with Crippen LogP contribution in [0.1, 0.15) is 103 Å². The lowest BCUT2D eigenvalue weighted by atomic mass is 10.1. The van der Waals surface area contributed by atoms with Crippen LogP contribution >= 0.6 is 0 Å². The molecule has 0 spiro atoms. The van der Waals surface area contributed by atoms with Gasteiger partial charge in [-0.05, 0) is 60.5 Å². The zero-order valence-electron chi connectivity index (χ0n) is 24.5. The van der Waals surface area contributed by atoms with Crippen LogP contribution in [0.3, 0.4) is 0 Å². The molecular weight excluding hydrogens is 472 g/mol. The number of rotatable bonds is 23. The highest BCUT2D eigenvalue weighted by atomic mass is 16.7. The number of hydrogen-bond acceptors (Lipinski definition) is 8. The molecule has 1 saturated heterocycles. The fourth-order valence-corrected chi connectivity index (χ4v) is 4.43. The number of carbonyl (C=O) groups excluding carboxylic acids is 2. The average molecular weight is 529 g/mol. The van der Waals surface area contributed by atoms with Gasteiger partial charge in [-0.25, -0.2) is 0 Å². The first-order chi connectivity index (χ1) is 17.8. The van der Waals surface area contributed by atoms with Crippen molar-refractivity contribution < 1.29 is 28.5 Å². The van der Waals surface area contributed by atoms with E-state index in [2.05, 4.69) is 6.92 Å². The van der Waals surface area contributed by atoms with Crippen LogP contribution in [-0.2, 0) is 28.5 Å². The van der Waals surface area contributed by atoms with Gasteiger partial charge in [0.1, 0.15) is 12.7 Å². The zero-order valence-corrected chi connectivity index (χ0v) is 24.5. The van der Waals surface area contributed by atoms with E-state index in [0.717, 1.165) is 38.8 Å². The van der Waals surface area contributed by atoms with Gasteiger partial charge in [0, 0.05) is 25.9 Å². The number of hydrogen-bond donors (Lipinski definition) is 0. The van der Waals surface area contributed by atoms with Gasteiger partial charge in [0.2, 0.25) is 6.29 Å². The lowest BCUT2D eigenvalue weighted by Gasteiger charge is -2.19. The lowest BCUT2D eigenvalue weighted by Crippen LogP contribution is -2.31. The summed E-state index contributed by atoms with van der Waals surface area (Å²) in [5, 5.41) is 0. The van der Waals surface area contributed by atoms with Gasteiger partial charge < -0.3 is 28.7 Å². The lowest BCUT2D eigenvalue weighted by molar-refractivity contribution is -0.181. The van der Waals surface area contributed by atoms with Gasteiger partial charge >= 0.3 is 11.9 Å². The minimum Gasteiger partial charge on any atom is -0.463 e. The molecule has 1 fully saturated rings. The Morgan fingerprint density at radius 2 is 1.30 bits per heavy atom. The smallest absolute Gasteiger partial charge is 0.308 e. The fourth-order valence-electron chi connectivity index (χ4n) is 4.43. The summed E-state index contributed by atoms with van der Waals surface area (Å²) in [5.74, 6) is -0.496. The van der Waals surface area contributed by atoms with Crippen LogP contribution in [0.25, 0.3) is 0 Å². The van der Waals surface area contributed by atoms with E-state index in [1.807, 2.05) is 38.0 Å². The molecule has 8 heteroatoms. The Balaban J connectivity index is 2.36. The average Bonchev–Trinajstić information content (AvgIpc) is 3.21. The van der Waals surface area contributed by atoms with Crippen molar-refractivity contribution in [1.82, 2.24) is 9.80 Å². The van der Waals surface area contributed by atoms with Crippen LogP contribution in [-0.4, -0.2) is 94.7 Å². The molecule has 0 aromatic rings. The van der Waals surface area contributed by atoms with E-state index in [1.165, 1.54) is 51.4 Å². The summed E-state index contributed by atoms with van der Waals surface area (Å²) in [7, 11) is 7.93. The summed E-state index contributed by atoms with van der Waals surface area (Å²) >= 11 is 0. The maximum absolute atomic E-state index is 12.2. The highest BCUT2D eigenvalue weighted by Gasteiger charge is 2.39. The van der Waals surface area contributed by atoms with Crippen LogP contribution in [0, 0.1) is 0 Å². The molecule has 1 rings (SSSR count). The van der Waals surface area contributed by atoms with Crippen LogP contribution in [0.15, 0.2) is 0 Å². The van der Waals surface area contributed by atoms with Crippen LogP contribution in [0.5, 0.6) is 0 Å². The molecule has 0 radical (unpaired) electrons. The summed E-state index contributed by atoms with van der Waals surface area (Å²) in [5.41, 5.74) is 0. The number of unbranched alkanes of at least 4 members (excludes halogenated alkanes) is 9. The molecule has 0 N–H and O–H groups in total. The van der Waals surface area contributed by atoms with Gasteiger partial charge in [-0.1, -0.05) is 64.7 Å². The highest BCUT2D eigenvalue weighted by Crippen LogP contribution is 2.26. The van der Waals surface area contributed by atoms with Crippen LogP contribution < -0.4 is 0 Å². The molecule has 1 aliphatic heterocycles. The summed E-state index contributed by atoms with van der Waals surface area (Å²) in [6, 6.07) is 0. The van der Waals surface area contributed by atoms with E-state index in [-0.39, 0.29) is 24.6 Å². The van der Waals surface area contributed by atoms with Crippen LogP contribution in [0.4, 0.5) is 0 Å². The Kier molecular flexibility index (Phi) is 19.8. The Bertz CT molecular complexity index is 587. The standard InChI is InChI=1S/C29H56N2O6/c1-6-7-8-9-10-11-12-13-14-15-22-34-25-23-29(37-28(33)19-17-21-31(4)5)36-26(25)24-35-27(32)18-16-20-30(2)3/h25-26,29H,6-24H2,1-5H3/t25-,26-,29+/m1/s1. The third kappa shape index (κ3) is 18.6. The second-order valence-electron chi connectivity index (χ2n) is 10.9. The van der Waals surface area contributed by atoms with Crippen molar-refractivity contribution in [2.75, 3.05) is 54.5 Å². The predicted octanol–water partition coefficient (Wildman–Crippen LogP) is 5.18. The van der Waals surface area contributed by atoms with E-state index in [1.54, 1.807) is 0 Å². The van der Waals surface area contributed by atoms with Crippen molar-refractivity contribution in [2.24, 2.45) is 0 Å². The maximum atomic E-state index is 12.2. The third-order valence-corrected chi connectivity index (χ3v) is 6.64. The summed E-state index contributed by atoms with van der Waals surface area (Å²) in [4.78, 5) is 28.5. The van der Waals surface area contributed by atoms with Crippen molar-refractivity contribution in [3.05, 3.63) is 0 Å². The maximum Gasteiger partial charge on any atom is 0.308 e. The van der Waals surface area contributed by atoms with Gasteiger partial charge in [0.15, 0.2) is 0 Å². The molecule has 0 aliphatic carbocycles. The molecule has 37 heavy (non-hydrogen) atoms. The van der Waals surface area contributed by atoms with Gasteiger partial charge in [-0.2, -0.15) is 0 Å². The van der Waals surface area contributed by atoms with Crippen molar-refractivity contribution in [3.63, 3.8) is 0 Å². The SMILES string of the molecule is CCCCCCCCCCCCO[C@@H]1C[C@H](OC(=O)CCCN(C)C)O[C@@H]1COC(=O)CCCN(C)C. The summed E-state index contributed by atoms with van der Waals surface area (Å²) in [6.07, 6.45) is 14.1. The topological polar surface area (TPSA) is 77.5 Å². The second kappa shape index (κ2) is 21.7. The minimum atomic E-state index is -0.651. The second-order valence-corrected chi connectivity index (χ2v) is 10.9. The van der Waals surface area contributed by atoms with E-state index in [9.17, 15) is 9.59 Å². The van der Waals surface area contributed by atoms with Crippen molar-refractivity contribution in [3.8, 4) is 0 Å². The number of esters is 2. The first-order valence-electron chi connectivity index (χ1n) is 14.7. The van der Waals surface area contributed by atoms with Crippen LogP contribution in [0.2, 0.25) is 0 Å². The zero-order chi connectivity index (χ0) is 27.3.